The van der Waals surface area contributed by atoms with Gasteiger partial charge in [-0.15, -0.1) is 0 Å². The van der Waals surface area contributed by atoms with Crippen LogP contribution in [0, 0.1) is 0 Å². The summed E-state index contributed by atoms with van der Waals surface area (Å²) in [5, 5.41) is 3.38. The van der Waals surface area contributed by atoms with Crippen LogP contribution in [0.15, 0.2) is 0 Å². The predicted molar refractivity (Wildman–Crippen MR) is 67.2 cm³/mol. The predicted octanol–water partition coefficient (Wildman–Crippen LogP) is 0.731. The summed E-state index contributed by atoms with van der Waals surface area (Å²) in [6.07, 6.45) is 3.51. The molecule has 0 amide bonds. The molecule has 2 N–H and O–H groups in total. The van der Waals surface area contributed by atoms with Crippen molar-refractivity contribution in [1.82, 2.24) is 10.3 Å². The van der Waals surface area contributed by atoms with Gasteiger partial charge in [0.1, 0.15) is 0 Å². The Balaban J connectivity index is 3.48. The number of nitrogens with one attached hydrogen (secondary N) is 2. The molecule has 0 unspecified atom stereocenters. The fourth-order valence-electron chi connectivity index (χ4n) is 1.35. The minimum atomic E-state index is -2.57. The molecule has 0 rings (SSSR count). The molecule has 0 aromatic heterocycles. The highest BCUT2D eigenvalue weighted by Gasteiger charge is 2.38. The third-order valence-electron chi connectivity index (χ3n) is 2.39. The van der Waals surface area contributed by atoms with Crippen LogP contribution >= 0.6 is 0 Å². The zero-order chi connectivity index (χ0) is 12.3. The zero-order valence-electron chi connectivity index (χ0n) is 11.0. The Hall–Kier alpha value is 0.0169. The molecule has 0 aromatic carbocycles. The van der Waals surface area contributed by atoms with Crippen LogP contribution in [0.5, 0.6) is 0 Å². The van der Waals surface area contributed by atoms with E-state index in [1.807, 2.05) is 0 Å². The molecule has 0 heterocycles. The first-order valence-electron chi connectivity index (χ1n) is 5.85. The number of hydrogen-bond donors (Lipinski definition) is 2. The topological polar surface area (TPSA) is 51.8 Å². The van der Waals surface area contributed by atoms with Crippen molar-refractivity contribution in [2.75, 3.05) is 41.0 Å². The van der Waals surface area contributed by atoms with Crippen molar-refractivity contribution in [2.24, 2.45) is 0 Å². The maximum absolute atomic E-state index is 5.24. The zero-order valence-corrected chi connectivity index (χ0v) is 12.0. The Morgan fingerprint density at radius 3 is 1.94 bits per heavy atom. The highest BCUT2D eigenvalue weighted by atomic mass is 28.4. The van der Waals surface area contributed by atoms with Crippen molar-refractivity contribution in [3.8, 4) is 0 Å². The van der Waals surface area contributed by atoms with Crippen LogP contribution in [0.3, 0.4) is 0 Å². The van der Waals surface area contributed by atoms with Crippen LogP contribution in [0.1, 0.15) is 26.2 Å². The smallest absolute Gasteiger partial charge is 0.364 e. The standard InChI is InChI=1S/C10H26N2O3Si/c1-5-6-8-11-9-7-10-12-16(13-2,14-3)15-4/h11-12H,5-10H2,1-4H3. The van der Waals surface area contributed by atoms with E-state index < -0.39 is 8.97 Å². The van der Waals surface area contributed by atoms with E-state index in [4.69, 9.17) is 13.3 Å². The van der Waals surface area contributed by atoms with Gasteiger partial charge in [-0.3, -0.25) is 4.98 Å². The quantitative estimate of drug-likeness (QED) is 0.418. The van der Waals surface area contributed by atoms with Gasteiger partial charge in [-0.25, -0.2) is 0 Å². The van der Waals surface area contributed by atoms with Crippen LogP contribution in [-0.2, 0) is 13.3 Å². The van der Waals surface area contributed by atoms with E-state index in [2.05, 4.69) is 17.2 Å². The maximum atomic E-state index is 5.24. The molecule has 5 nitrogen and oxygen atoms in total. The Labute approximate surface area is 100 Å². The van der Waals surface area contributed by atoms with Crippen LogP contribution in [-0.4, -0.2) is 49.9 Å². The van der Waals surface area contributed by atoms with Gasteiger partial charge >= 0.3 is 8.97 Å². The average Bonchev–Trinajstić information content (AvgIpc) is 2.34. The summed E-state index contributed by atoms with van der Waals surface area (Å²) in [6, 6.07) is 0. The summed E-state index contributed by atoms with van der Waals surface area (Å²) in [4.78, 5) is 3.21. The fourth-order valence-corrected chi connectivity index (χ4v) is 2.76. The van der Waals surface area contributed by atoms with E-state index in [-0.39, 0.29) is 0 Å². The normalized spacial score (nSPS) is 12.0. The SMILES string of the molecule is CCCCNCCCN[Si](OC)(OC)OC. The summed E-state index contributed by atoms with van der Waals surface area (Å²) in [5.74, 6) is 0. The molecule has 98 valence electrons. The van der Waals surface area contributed by atoms with Crippen molar-refractivity contribution >= 4 is 8.97 Å². The molecule has 0 aliphatic rings. The van der Waals surface area contributed by atoms with Crippen LogP contribution in [0.25, 0.3) is 0 Å². The van der Waals surface area contributed by atoms with E-state index in [9.17, 15) is 0 Å². The molecule has 0 aromatic rings. The van der Waals surface area contributed by atoms with Gasteiger partial charge in [-0.2, -0.15) is 0 Å². The van der Waals surface area contributed by atoms with Gasteiger partial charge in [-0.1, -0.05) is 13.3 Å². The Kier molecular flexibility index (Phi) is 10.2. The highest BCUT2D eigenvalue weighted by Crippen LogP contribution is 2.00. The van der Waals surface area contributed by atoms with Crippen molar-refractivity contribution in [3.05, 3.63) is 0 Å². The monoisotopic (exact) mass is 250 g/mol. The molecule has 0 radical (unpaired) electrons. The van der Waals surface area contributed by atoms with Crippen molar-refractivity contribution in [1.29, 1.82) is 0 Å². The molecule has 0 spiro atoms. The summed E-state index contributed by atoms with van der Waals surface area (Å²) in [7, 11) is 2.24. The van der Waals surface area contributed by atoms with Gasteiger partial charge < -0.3 is 18.6 Å². The molecule has 16 heavy (non-hydrogen) atoms. The lowest BCUT2D eigenvalue weighted by Gasteiger charge is -2.24. The van der Waals surface area contributed by atoms with E-state index in [1.165, 1.54) is 12.8 Å². The largest absolute Gasteiger partial charge is 0.595 e. The Morgan fingerprint density at radius 2 is 1.44 bits per heavy atom. The van der Waals surface area contributed by atoms with Gasteiger partial charge in [-0.05, 0) is 32.5 Å². The Bertz CT molecular complexity index is 149. The van der Waals surface area contributed by atoms with Crippen molar-refractivity contribution in [3.63, 3.8) is 0 Å². The van der Waals surface area contributed by atoms with Gasteiger partial charge in [0.2, 0.25) is 0 Å². The number of rotatable bonds is 11. The highest BCUT2D eigenvalue weighted by molar-refractivity contribution is 6.57. The second-order valence-electron chi connectivity index (χ2n) is 3.55. The molecule has 0 bridgehead atoms. The minimum absolute atomic E-state index is 0.834. The lowest BCUT2D eigenvalue weighted by Crippen LogP contribution is -2.57. The lowest BCUT2D eigenvalue weighted by atomic mass is 10.3. The molecule has 0 aliphatic heterocycles. The maximum Gasteiger partial charge on any atom is 0.595 e. The lowest BCUT2D eigenvalue weighted by molar-refractivity contribution is 0.110. The van der Waals surface area contributed by atoms with Gasteiger partial charge in [0, 0.05) is 21.3 Å². The van der Waals surface area contributed by atoms with Crippen LogP contribution in [0.2, 0.25) is 0 Å². The van der Waals surface area contributed by atoms with Crippen LogP contribution in [0.4, 0.5) is 0 Å². The van der Waals surface area contributed by atoms with Crippen molar-refractivity contribution < 1.29 is 13.3 Å². The summed E-state index contributed by atoms with van der Waals surface area (Å²) >= 11 is 0. The third kappa shape index (κ3) is 6.57. The number of hydrogen-bond acceptors (Lipinski definition) is 5. The first-order valence-corrected chi connectivity index (χ1v) is 7.58. The second-order valence-corrected chi connectivity index (χ2v) is 6.24. The summed E-state index contributed by atoms with van der Waals surface area (Å²) in [6.45, 7) is 5.13. The summed E-state index contributed by atoms with van der Waals surface area (Å²) < 4.78 is 15.7. The third-order valence-corrected chi connectivity index (χ3v) is 4.68. The number of unbranched alkanes of at least 4 members (excludes halogenated alkanes) is 1. The Morgan fingerprint density at radius 1 is 0.875 bits per heavy atom. The molecular formula is C10H26N2O3Si. The molecule has 0 fully saturated rings. The minimum Gasteiger partial charge on any atom is -0.364 e. The second kappa shape index (κ2) is 10.2. The van der Waals surface area contributed by atoms with Gasteiger partial charge in [0.05, 0.1) is 0 Å². The molecule has 0 aliphatic carbocycles. The van der Waals surface area contributed by atoms with E-state index >= 15 is 0 Å². The fraction of sp³-hybridized carbons (Fsp3) is 1.00. The molecule has 0 atom stereocenters. The first kappa shape index (κ1) is 16.0. The van der Waals surface area contributed by atoms with E-state index in [0.717, 1.165) is 26.1 Å². The molecule has 6 heteroatoms. The van der Waals surface area contributed by atoms with Crippen LogP contribution < -0.4 is 10.3 Å². The summed E-state index contributed by atoms with van der Waals surface area (Å²) in [5.41, 5.74) is 0. The molecule has 0 saturated heterocycles. The first-order chi connectivity index (χ1) is 7.74. The van der Waals surface area contributed by atoms with Gasteiger partial charge in [0.25, 0.3) is 0 Å². The molecule has 0 saturated carbocycles. The van der Waals surface area contributed by atoms with E-state index in [0.29, 0.717) is 0 Å². The van der Waals surface area contributed by atoms with Gasteiger partial charge in [0.15, 0.2) is 0 Å². The molecular weight excluding hydrogens is 224 g/mol. The van der Waals surface area contributed by atoms with Crippen molar-refractivity contribution in [2.45, 2.75) is 26.2 Å². The van der Waals surface area contributed by atoms with E-state index in [1.54, 1.807) is 21.3 Å². The average molecular weight is 250 g/mol.